The van der Waals surface area contributed by atoms with Crippen LogP contribution in [0.3, 0.4) is 0 Å². The van der Waals surface area contributed by atoms with Crippen LogP contribution in [0, 0.1) is 5.41 Å². The molecule has 2 N–H and O–H groups in total. The molecule has 0 aliphatic carbocycles. The molecule has 0 aromatic heterocycles. The summed E-state index contributed by atoms with van der Waals surface area (Å²) in [6, 6.07) is -0.350. The Bertz CT molecular complexity index is 167. The molecule has 0 saturated heterocycles. The predicted molar refractivity (Wildman–Crippen MR) is 39.4 cm³/mol. The van der Waals surface area contributed by atoms with Gasteiger partial charge in [0.2, 0.25) is 0 Å². The zero-order valence-corrected chi connectivity index (χ0v) is 6.22. The Morgan fingerprint density at radius 2 is 2.45 bits per heavy atom. The van der Waals surface area contributed by atoms with E-state index in [9.17, 15) is 4.79 Å². The monoisotopic (exact) mass is 158 g/mol. The molecule has 0 heterocycles. The lowest BCUT2D eigenvalue weighted by molar-refractivity contribution is 0.173. The summed E-state index contributed by atoms with van der Waals surface area (Å²) in [5.74, 6) is 0. The molecule has 1 amide bonds. The Kier molecular flexibility index (Phi) is 4.55. The first-order chi connectivity index (χ1) is 5.20. The average molecular weight is 158 g/mol. The number of nitrogens with one attached hydrogen (secondary N) is 2. The van der Waals surface area contributed by atoms with Gasteiger partial charge in [0, 0.05) is 0 Å². The van der Waals surface area contributed by atoms with Crippen LogP contribution >= 0.6 is 0 Å². The van der Waals surface area contributed by atoms with Crippen molar-refractivity contribution < 1.29 is 14.3 Å². The van der Waals surface area contributed by atoms with Crippen molar-refractivity contribution in [2.24, 2.45) is 0 Å². The summed E-state index contributed by atoms with van der Waals surface area (Å²) in [7, 11) is 1.20. The number of amides is 1. The summed E-state index contributed by atoms with van der Waals surface area (Å²) < 4.78 is 8.82. The molecule has 0 aromatic carbocycles. The Morgan fingerprint density at radius 3 is 2.91 bits per heavy atom. The lowest BCUT2D eigenvalue weighted by atomic mass is 10.7. The molecule has 62 valence electrons. The first kappa shape index (κ1) is 9.48. The second-order valence-corrected chi connectivity index (χ2v) is 1.55. The number of hydrogen-bond donors (Lipinski definition) is 2. The summed E-state index contributed by atoms with van der Waals surface area (Å²) in [4.78, 5) is 10.4. The zero-order chi connectivity index (χ0) is 8.69. The number of carbonyl (C=O) groups is 1. The Balaban J connectivity index is 3.51. The molecule has 0 aliphatic heterocycles. The van der Waals surface area contributed by atoms with Gasteiger partial charge >= 0.3 is 6.09 Å². The molecule has 0 atom stereocenters. The smallest absolute Gasteiger partial charge is 0.414 e. The van der Waals surface area contributed by atoms with E-state index < -0.39 is 6.09 Å². The molecule has 0 unspecified atom stereocenters. The number of rotatable bonds is 2. The fraction of sp³-hybridized carbons (Fsp3) is 0.333. The summed E-state index contributed by atoms with van der Waals surface area (Å²) in [5, 5.41) is 8.96. The van der Waals surface area contributed by atoms with Crippen LogP contribution in [0.2, 0.25) is 0 Å². The van der Waals surface area contributed by atoms with Crippen molar-refractivity contribution in [3.8, 4) is 0 Å². The fourth-order valence-corrected chi connectivity index (χ4v) is 0.322. The van der Waals surface area contributed by atoms with Gasteiger partial charge in [0.05, 0.1) is 7.11 Å². The molecule has 5 nitrogen and oxygen atoms in total. The van der Waals surface area contributed by atoms with Crippen LogP contribution in [0.4, 0.5) is 4.79 Å². The third kappa shape index (κ3) is 4.95. The van der Waals surface area contributed by atoms with Gasteiger partial charge in [-0.3, -0.25) is 5.41 Å². The summed E-state index contributed by atoms with van der Waals surface area (Å²) >= 11 is 0. The van der Waals surface area contributed by atoms with Crippen LogP contribution in [0.25, 0.3) is 0 Å². The van der Waals surface area contributed by atoms with Gasteiger partial charge in [-0.25, -0.2) is 10.1 Å². The van der Waals surface area contributed by atoms with Gasteiger partial charge in [0.1, 0.15) is 6.61 Å². The molecular formula is C6H10N2O3. The summed E-state index contributed by atoms with van der Waals surface area (Å²) in [6.45, 7) is 3.55. The van der Waals surface area contributed by atoms with E-state index in [2.05, 4.69) is 16.1 Å². The van der Waals surface area contributed by atoms with Crippen molar-refractivity contribution in [1.82, 2.24) is 5.32 Å². The van der Waals surface area contributed by atoms with E-state index >= 15 is 0 Å². The molecule has 11 heavy (non-hydrogen) atoms. The van der Waals surface area contributed by atoms with Crippen LogP contribution < -0.4 is 5.32 Å². The van der Waals surface area contributed by atoms with Crippen molar-refractivity contribution in [2.75, 3.05) is 13.7 Å². The largest absolute Gasteiger partial charge is 0.461 e. The van der Waals surface area contributed by atoms with E-state index in [-0.39, 0.29) is 12.6 Å². The highest BCUT2D eigenvalue weighted by Crippen LogP contribution is 1.77. The fourth-order valence-electron chi connectivity index (χ4n) is 0.322. The third-order valence-corrected chi connectivity index (χ3v) is 0.747. The van der Waals surface area contributed by atoms with E-state index in [1.165, 1.54) is 13.2 Å². The lowest BCUT2D eigenvalue weighted by Crippen LogP contribution is -2.31. The predicted octanol–water partition coefficient (Wildman–Crippen LogP) is 0.480. The van der Waals surface area contributed by atoms with E-state index in [1.807, 2.05) is 5.32 Å². The number of ether oxygens (including phenoxy) is 2. The zero-order valence-electron chi connectivity index (χ0n) is 6.22. The quantitative estimate of drug-likeness (QED) is 0.349. The van der Waals surface area contributed by atoms with Gasteiger partial charge in [0.15, 0.2) is 0 Å². The van der Waals surface area contributed by atoms with Gasteiger partial charge in [-0.2, -0.15) is 0 Å². The van der Waals surface area contributed by atoms with Crippen molar-refractivity contribution in [1.29, 1.82) is 5.41 Å². The molecule has 0 rings (SSSR count). The van der Waals surface area contributed by atoms with E-state index in [0.29, 0.717) is 0 Å². The molecule has 0 aromatic rings. The SMILES string of the molecule is C=CCOC(=N)NC(=O)OC. The highest BCUT2D eigenvalue weighted by Gasteiger charge is 2.01. The molecule has 0 aliphatic rings. The number of carbonyl (C=O) groups excluding carboxylic acids is 1. The lowest BCUT2D eigenvalue weighted by Gasteiger charge is -2.04. The molecule has 0 saturated carbocycles. The van der Waals surface area contributed by atoms with Crippen molar-refractivity contribution in [3.63, 3.8) is 0 Å². The minimum Gasteiger partial charge on any atom is -0.461 e. The minimum absolute atomic E-state index is 0.183. The number of amidine groups is 1. The molecular weight excluding hydrogens is 148 g/mol. The molecule has 0 bridgehead atoms. The highest BCUT2D eigenvalue weighted by molar-refractivity contribution is 5.88. The molecule has 0 fully saturated rings. The van der Waals surface area contributed by atoms with Crippen LogP contribution in [0.15, 0.2) is 12.7 Å². The van der Waals surface area contributed by atoms with Crippen molar-refractivity contribution >= 4 is 12.1 Å². The van der Waals surface area contributed by atoms with Crippen LogP contribution in [-0.4, -0.2) is 25.8 Å². The average Bonchev–Trinajstić information content (AvgIpc) is 2.00. The minimum atomic E-state index is -0.723. The number of methoxy groups -OCH3 is 1. The summed E-state index contributed by atoms with van der Waals surface area (Å²) in [6.07, 6.45) is 0.743. The summed E-state index contributed by atoms with van der Waals surface area (Å²) in [5.41, 5.74) is 0. The Morgan fingerprint density at radius 1 is 1.82 bits per heavy atom. The van der Waals surface area contributed by atoms with Gasteiger partial charge in [0.25, 0.3) is 6.02 Å². The van der Waals surface area contributed by atoms with Gasteiger partial charge < -0.3 is 9.47 Å². The third-order valence-electron chi connectivity index (χ3n) is 0.747. The maximum absolute atomic E-state index is 10.4. The Labute approximate surface area is 64.5 Å². The molecule has 5 heteroatoms. The maximum atomic E-state index is 10.4. The van der Waals surface area contributed by atoms with Crippen LogP contribution in [0.1, 0.15) is 0 Å². The first-order valence-electron chi connectivity index (χ1n) is 2.88. The van der Waals surface area contributed by atoms with Crippen molar-refractivity contribution in [2.45, 2.75) is 0 Å². The number of hydrogen-bond acceptors (Lipinski definition) is 4. The second-order valence-electron chi connectivity index (χ2n) is 1.55. The number of alkyl carbamates (subject to hydrolysis) is 1. The highest BCUT2D eigenvalue weighted by atomic mass is 16.6. The maximum Gasteiger partial charge on any atom is 0.414 e. The van der Waals surface area contributed by atoms with Crippen molar-refractivity contribution in [3.05, 3.63) is 12.7 Å². The van der Waals surface area contributed by atoms with Gasteiger partial charge in [-0.05, 0) is 0 Å². The Hall–Kier alpha value is -1.52. The standard InChI is InChI=1S/C6H10N2O3/c1-3-4-11-5(7)8-6(9)10-2/h3H,1,4H2,2H3,(H2,7,8,9). The van der Waals surface area contributed by atoms with Gasteiger partial charge in [-0.15, -0.1) is 0 Å². The molecule has 0 spiro atoms. The topological polar surface area (TPSA) is 71.4 Å². The van der Waals surface area contributed by atoms with E-state index in [0.717, 1.165) is 0 Å². The normalized spacial score (nSPS) is 8.09. The van der Waals surface area contributed by atoms with E-state index in [4.69, 9.17) is 5.41 Å². The second kappa shape index (κ2) is 5.28. The van der Waals surface area contributed by atoms with E-state index in [1.54, 1.807) is 0 Å². The van der Waals surface area contributed by atoms with Crippen LogP contribution in [0.5, 0.6) is 0 Å². The van der Waals surface area contributed by atoms with Crippen LogP contribution in [-0.2, 0) is 9.47 Å². The first-order valence-corrected chi connectivity index (χ1v) is 2.88. The van der Waals surface area contributed by atoms with Gasteiger partial charge in [-0.1, -0.05) is 12.7 Å². The molecule has 0 radical (unpaired) electrons.